The fourth-order valence-electron chi connectivity index (χ4n) is 4.05. The monoisotopic (exact) mass is 471 g/mol. The van der Waals surface area contributed by atoms with Gasteiger partial charge in [0.1, 0.15) is 6.10 Å². The molecule has 1 saturated heterocycles. The number of hydrogen-bond acceptors (Lipinski definition) is 6. The third-order valence-electron chi connectivity index (χ3n) is 5.95. The van der Waals surface area contributed by atoms with Crippen LogP contribution in [0.1, 0.15) is 43.1 Å². The number of rotatable bonds is 3. The number of carbonyl (C=O) groups is 2. The summed E-state index contributed by atoms with van der Waals surface area (Å²) in [7, 11) is 0. The second-order valence-corrected chi connectivity index (χ2v) is 9.29. The first kappa shape index (κ1) is 21.1. The van der Waals surface area contributed by atoms with Crippen LogP contribution >= 0.6 is 22.9 Å². The van der Waals surface area contributed by atoms with Gasteiger partial charge in [-0.05, 0) is 41.6 Å². The number of ether oxygens (including phenoxy) is 1. The molecule has 32 heavy (non-hydrogen) atoms. The SMILES string of the molecule is Cc1ccsc1C(=O)N1CCN(C(=O)c2nnn3c2CO[C@@H](c2ccc(Cl)cc2)C3)CC1. The summed E-state index contributed by atoms with van der Waals surface area (Å²) in [5.41, 5.74) is 3.01. The van der Waals surface area contributed by atoms with Gasteiger partial charge in [-0.2, -0.15) is 0 Å². The average molecular weight is 472 g/mol. The highest BCUT2D eigenvalue weighted by Crippen LogP contribution is 2.28. The van der Waals surface area contributed by atoms with Crippen molar-refractivity contribution < 1.29 is 14.3 Å². The zero-order valence-corrected chi connectivity index (χ0v) is 19.1. The van der Waals surface area contributed by atoms with Gasteiger partial charge in [-0.25, -0.2) is 4.68 Å². The van der Waals surface area contributed by atoms with E-state index in [0.29, 0.717) is 49.1 Å². The van der Waals surface area contributed by atoms with Gasteiger partial charge in [0.25, 0.3) is 11.8 Å². The van der Waals surface area contributed by atoms with E-state index < -0.39 is 0 Å². The van der Waals surface area contributed by atoms with E-state index >= 15 is 0 Å². The second kappa shape index (κ2) is 8.65. The summed E-state index contributed by atoms with van der Waals surface area (Å²) in [6.45, 7) is 4.63. The zero-order valence-electron chi connectivity index (χ0n) is 17.5. The Kier molecular flexibility index (Phi) is 5.71. The first-order valence-electron chi connectivity index (χ1n) is 10.4. The molecule has 10 heteroatoms. The van der Waals surface area contributed by atoms with Crippen molar-refractivity contribution in [1.29, 1.82) is 0 Å². The Morgan fingerprint density at radius 3 is 2.41 bits per heavy atom. The van der Waals surface area contributed by atoms with Gasteiger partial charge in [0.05, 0.1) is 23.7 Å². The normalized spacial score (nSPS) is 18.5. The van der Waals surface area contributed by atoms with Gasteiger partial charge < -0.3 is 14.5 Å². The van der Waals surface area contributed by atoms with Crippen LogP contribution in [0.25, 0.3) is 0 Å². The van der Waals surface area contributed by atoms with E-state index in [9.17, 15) is 9.59 Å². The van der Waals surface area contributed by atoms with Crippen LogP contribution in [-0.4, -0.2) is 62.8 Å². The fourth-order valence-corrected chi connectivity index (χ4v) is 5.07. The van der Waals surface area contributed by atoms with Crippen LogP contribution in [0, 0.1) is 6.92 Å². The number of fused-ring (bicyclic) bond motifs is 1. The molecule has 1 fully saturated rings. The van der Waals surface area contributed by atoms with Gasteiger partial charge in [-0.1, -0.05) is 28.9 Å². The summed E-state index contributed by atoms with van der Waals surface area (Å²) in [5, 5.41) is 11.0. The Labute approximate surface area is 194 Å². The molecule has 1 atom stereocenters. The third-order valence-corrected chi connectivity index (χ3v) is 7.21. The van der Waals surface area contributed by atoms with Gasteiger partial charge in [0.15, 0.2) is 5.69 Å². The van der Waals surface area contributed by atoms with Crippen LogP contribution < -0.4 is 0 Å². The Morgan fingerprint density at radius 1 is 1.06 bits per heavy atom. The van der Waals surface area contributed by atoms with E-state index in [1.807, 2.05) is 47.5 Å². The van der Waals surface area contributed by atoms with Crippen LogP contribution in [-0.2, 0) is 17.9 Å². The van der Waals surface area contributed by atoms with Gasteiger partial charge in [0, 0.05) is 31.2 Å². The van der Waals surface area contributed by atoms with Crippen LogP contribution in [0.15, 0.2) is 35.7 Å². The molecular weight excluding hydrogens is 450 g/mol. The number of hydrogen-bond donors (Lipinski definition) is 0. The molecule has 2 aliphatic rings. The molecule has 0 unspecified atom stereocenters. The van der Waals surface area contributed by atoms with Crippen molar-refractivity contribution in [1.82, 2.24) is 24.8 Å². The topological polar surface area (TPSA) is 80.6 Å². The molecule has 166 valence electrons. The predicted molar refractivity (Wildman–Crippen MR) is 120 cm³/mol. The number of benzene rings is 1. The Bertz CT molecular complexity index is 1150. The summed E-state index contributed by atoms with van der Waals surface area (Å²) in [6, 6.07) is 9.47. The van der Waals surface area contributed by atoms with Gasteiger partial charge >= 0.3 is 0 Å². The number of aryl methyl sites for hydroxylation is 1. The molecule has 0 radical (unpaired) electrons. The standard InChI is InChI=1S/C22H22ClN5O3S/c1-14-6-11-32-20(14)22(30)27-9-7-26(8-10-27)21(29)19-17-13-31-18(12-28(17)25-24-19)15-2-4-16(23)5-3-15/h2-6,11,18H,7-10,12-13H2,1H3/t18-/m1/s1. The molecule has 2 aliphatic heterocycles. The number of aromatic nitrogens is 3. The zero-order chi connectivity index (χ0) is 22.2. The highest BCUT2D eigenvalue weighted by molar-refractivity contribution is 7.12. The molecule has 0 bridgehead atoms. The smallest absolute Gasteiger partial charge is 0.276 e. The number of thiophene rings is 1. The predicted octanol–water partition coefficient (Wildman–Crippen LogP) is 3.17. The third kappa shape index (κ3) is 3.92. The lowest BCUT2D eigenvalue weighted by atomic mass is 10.1. The molecule has 0 spiro atoms. The lowest BCUT2D eigenvalue weighted by molar-refractivity contribution is -0.00202. The second-order valence-electron chi connectivity index (χ2n) is 7.94. The van der Waals surface area contributed by atoms with Crippen molar-refractivity contribution >= 4 is 34.8 Å². The van der Waals surface area contributed by atoms with Crippen molar-refractivity contribution in [2.24, 2.45) is 0 Å². The van der Waals surface area contributed by atoms with Crippen molar-refractivity contribution in [3.63, 3.8) is 0 Å². The molecule has 0 saturated carbocycles. The number of nitrogens with zero attached hydrogens (tertiary/aromatic N) is 5. The molecule has 3 aromatic rings. The fraction of sp³-hybridized carbons (Fsp3) is 0.364. The van der Waals surface area contributed by atoms with Crippen molar-refractivity contribution in [3.8, 4) is 0 Å². The maximum absolute atomic E-state index is 13.1. The summed E-state index contributed by atoms with van der Waals surface area (Å²) in [6.07, 6.45) is -0.167. The first-order valence-corrected chi connectivity index (χ1v) is 11.7. The van der Waals surface area contributed by atoms with Crippen LogP contribution in [0.2, 0.25) is 5.02 Å². The van der Waals surface area contributed by atoms with Crippen LogP contribution in [0.4, 0.5) is 0 Å². The summed E-state index contributed by atoms with van der Waals surface area (Å²) in [5.74, 6) is -0.133. The number of carbonyl (C=O) groups excluding carboxylic acids is 2. The van der Waals surface area contributed by atoms with E-state index in [0.717, 1.165) is 16.0 Å². The lowest BCUT2D eigenvalue weighted by Crippen LogP contribution is -2.50. The van der Waals surface area contributed by atoms with Crippen LogP contribution in [0.5, 0.6) is 0 Å². The minimum absolute atomic E-state index is 0.0345. The first-order chi connectivity index (χ1) is 15.5. The van der Waals surface area contributed by atoms with Crippen molar-refractivity contribution in [3.05, 3.63) is 68.1 Å². The summed E-state index contributed by atoms with van der Waals surface area (Å²) >= 11 is 7.43. The Balaban J connectivity index is 1.24. The minimum atomic E-state index is -0.167. The van der Waals surface area contributed by atoms with Gasteiger partial charge in [-0.3, -0.25) is 9.59 Å². The summed E-state index contributed by atoms with van der Waals surface area (Å²) in [4.78, 5) is 30.2. The maximum Gasteiger partial charge on any atom is 0.276 e. The van der Waals surface area contributed by atoms with E-state index in [-0.39, 0.29) is 24.5 Å². The number of amides is 2. The minimum Gasteiger partial charge on any atom is -0.365 e. The number of halogens is 1. The summed E-state index contributed by atoms with van der Waals surface area (Å²) < 4.78 is 7.75. The highest BCUT2D eigenvalue weighted by Gasteiger charge is 2.32. The molecule has 1 aromatic carbocycles. The van der Waals surface area contributed by atoms with Crippen molar-refractivity contribution in [2.75, 3.05) is 26.2 Å². The Morgan fingerprint density at radius 2 is 1.75 bits per heavy atom. The van der Waals surface area contributed by atoms with E-state index in [4.69, 9.17) is 16.3 Å². The van der Waals surface area contributed by atoms with E-state index in [2.05, 4.69) is 10.3 Å². The lowest BCUT2D eigenvalue weighted by Gasteiger charge is -2.34. The molecule has 4 heterocycles. The molecule has 0 aliphatic carbocycles. The maximum atomic E-state index is 13.1. The van der Waals surface area contributed by atoms with Gasteiger partial charge in [-0.15, -0.1) is 16.4 Å². The van der Waals surface area contributed by atoms with Crippen LogP contribution in [0.3, 0.4) is 0 Å². The molecule has 2 aromatic heterocycles. The Hall–Kier alpha value is -2.75. The van der Waals surface area contributed by atoms with Gasteiger partial charge in [0.2, 0.25) is 0 Å². The molecule has 2 amide bonds. The van der Waals surface area contributed by atoms with Crippen molar-refractivity contribution in [2.45, 2.75) is 26.2 Å². The average Bonchev–Trinajstić information content (AvgIpc) is 3.44. The molecule has 8 nitrogen and oxygen atoms in total. The largest absolute Gasteiger partial charge is 0.365 e. The number of piperazine rings is 1. The quantitative estimate of drug-likeness (QED) is 0.586. The highest BCUT2D eigenvalue weighted by atomic mass is 35.5. The molecule has 0 N–H and O–H groups in total. The van der Waals surface area contributed by atoms with E-state index in [1.165, 1.54) is 11.3 Å². The van der Waals surface area contributed by atoms with E-state index in [1.54, 1.807) is 9.58 Å². The molecule has 5 rings (SSSR count). The molecular formula is C22H22ClN5O3S.